The summed E-state index contributed by atoms with van der Waals surface area (Å²) in [5.41, 5.74) is 0. The Hall–Kier alpha value is -4.33. The molecule has 0 bridgehead atoms. The second-order valence-electron chi connectivity index (χ2n) is 10.0. The molecule has 0 atom stereocenters. The molecule has 5 aromatic rings. The van der Waals surface area contributed by atoms with E-state index in [2.05, 4.69) is 0 Å². The Kier molecular flexibility index (Phi) is 9.65. The summed E-state index contributed by atoms with van der Waals surface area (Å²) >= 11 is 0. The fraction of sp³-hybridized carbons (Fsp3) is 0.0909. The first-order chi connectivity index (χ1) is 20.8. The summed E-state index contributed by atoms with van der Waals surface area (Å²) in [6.45, 7) is 5.65. The minimum Gasteiger partial charge on any atom is -0.493 e. The highest BCUT2D eigenvalue weighted by atomic mass is 28.5. The predicted molar refractivity (Wildman–Crippen MR) is 172 cm³/mol. The monoisotopic (exact) mass is 626 g/mol. The Labute approximate surface area is 256 Å². The van der Waals surface area contributed by atoms with Crippen molar-refractivity contribution in [3.05, 3.63) is 152 Å². The molecular weight excluding hydrogens is 593 g/mol. The Morgan fingerprint density at radius 3 is 0.860 bits per heavy atom. The van der Waals surface area contributed by atoms with Gasteiger partial charge in [-0.2, -0.15) is 0 Å². The van der Waals surface area contributed by atoms with Gasteiger partial charge in [-0.15, -0.1) is 0 Å². The molecule has 0 aliphatic heterocycles. The SMILES string of the molecule is C[Si](C)(O[Si](C)(Oc1ccccc1)Oc1ccccc1)O[Si](Oc1ccccc1)(Oc1ccccc1)Oc1ccccc1. The molecule has 10 heteroatoms. The molecule has 0 radical (unpaired) electrons. The van der Waals surface area contributed by atoms with Crippen LogP contribution in [0.3, 0.4) is 0 Å². The molecule has 0 saturated carbocycles. The molecule has 0 aliphatic rings. The Morgan fingerprint density at radius 1 is 0.326 bits per heavy atom. The molecular formula is C33H34O7Si3. The molecule has 43 heavy (non-hydrogen) atoms. The summed E-state index contributed by atoms with van der Waals surface area (Å²) in [6, 6.07) is 46.9. The van der Waals surface area contributed by atoms with Gasteiger partial charge in [0.15, 0.2) is 0 Å². The van der Waals surface area contributed by atoms with Crippen molar-refractivity contribution in [1.82, 2.24) is 0 Å². The largest absolute Gasteiger partial charge is 0.884 e. The van der Waals surface area contributed by atoms with Gasteiger partial charge in [0, 0.05) is 6.55 Å². The molecule has 0 saturated heterocycles. The van der Waals surface area contributed by atoms with Gasteiger partial charge in [0.1, 0.15) is 28.7 Å². The second-order valence-corrected chi connectivity index (χ2v) is 18.2. The highest BCUT2D eigenvalue weighted by Gasteiger charge is 2.61. The maximum absolute atomic E-state index is 6.87. The fourth-order valence-electron chi connectivity index (χ4n) is 4.26. The Bertz CT molecular complexity index is 1390. The van der Waals surface area contributed by atoms with Gasteiger partial charge in [0.05, 0.1) is 0 Å². The van der Waals surface area contributed by atoms with Gasteiger partial charge in [-0.25, -0.2) is 0 Å². The molecule has 0 unspecified atom stereocenters. The fourth-order valence-corrected chi connectivity index (χ4v) is 14.2. The van der Waals surface area contributed by atoms with Crippen molar-refractivity contribution >= 4 is 26.4 Å². The second kappa shape index (κ2) is 13.8. The average Bonchev–Trinajstić information content (AvgIpc) is 2.99. The van der Waals surface area contributed by atoms with Crippen molar-refractivity contribution in [2.45, 2.75) is 19.6 Å². The zero-order chi connectivity index (χ0) is 30.0. The van der Waals surface area contributed by atoms with Gasteiger partial charge >= 0.3 is 26.4 Å². The third-order valence-electron chi connectivity index (χ3n) is 5.85. The molecule has 0 spiro atoms. The van der Waals surface area contributed by atoms with Gasteiger partial charge in [0.2, 0.25) is 0 Å². The Balaban J connectivity index is 1.52. The number of benzene rings is 5. The lowest BCUT2D eigenvalue weighted by molar-refractivity contribution is 0.135. The predicted octanol–water partition coefficient (Wildman–Crippen LogP) is 8.12. The van der Waals surface area contributed by atoms with Crippen molar-refractivity contribution in [3.8, 4) is 28.7 Å². The van der Waals surface area contributed by atoms with E-state index < -0.39 is 26.4 Å². The van der Waals surface area contributed by atoms with E-state index in [-0.39, 0.29) is 0 Å². The van der Waals surface area contributed by atoms with Crippen LogP contribution < -0.4 is 22.1 Å². The number of hydrogen-bond donors (Lipinski definition) is 0. The molecule has 0 aliphatic carbocycles. The third kappa shape index (κ3) is 9.08. The smallest absolute Gasteiger partial charge is 0.493 e. The van der Waals surface area contributed by atoms with Crippen LogP contribution in [0.25, 0.3) is 0 Å². The van der Waals surface area contributed by atoms with Crippen molar-refractivity contribution in [3.63, 3.8) is 0 Å². The van der Waals surface area contributed by atoms with Crippen LogP contribution in [0, 0.1) is 0 Å². The maximum Gasteiger partial charge on any atom is 0.884 e. The van der Waals surface area contributed by atoms with E-state index in [1.807, 2.05) is 171 Å². The van der Waals surface area contributed by atoms with Crippen LogP contribution >= 0.6 is 0 Å². The van der Waals surface area contributed by atoms with E-state index in [1.165, 1.54) is 0 Å². The number of para-hydroxylation sites is 5. The van der Waals surface area contributed by atoms with E-state index in [9.17, 15) is 0 Å². The van der Waals surface area contributed by atoms with E-state index in [0.717, 1.165) is 0 Å². The van der Waals surface area contributed by atoms with Crippen molar-refractivity contribution < 1.29 is 30.4 Å². The summed E-state index contributed by atoms with van der Waals surface area (Å²) < 4.78 is 46.3. The summed E-state index contributed by atoms with van der Waals surface area (Å²) in [5.74, 6) is 2.86. The zero-order valence-corrected chi connectivity index (χ0v) is 27.3. The third-order valence-corrected chi connectivity index (χ3v) is 14.9. The lowest BCUT2D eigenvalue weighted by Crippen LogP contribution is -2.66. The van der Waals surface area contributed by atoms with E-state index in [1.54, 1.807) is 0 Å². The van der Waals surface area contributed by atoms with Gasteiger partial charge in [-0.05, 0) is 73.8 Å². The van der Waals surface area contributed by atoms with E-state index in [4.69, 9.17) is 30.4 Å². The average molecular weight is 627 g/mol. The molecule has 0 fully saturated rings. The normalized spacial score (nSPS) is 11.8. The lowest BCUT2D eigenvalue weighted by Gasteiger charge is -2.37. The van der Waals surface area contributed by atoms with Crippen molar-refractivity contribution in [2.24, 2.45) is 0 Å². The molecule has 220 valence electrons. The van der Waals surface area contributed by atoms with E-state index in [0.29, 0.717) is 28.7 Å². The number of hydrogen-bond acceptors (Lipinski definition) is 7. The zero-order valence-electron chi connectivity index (χ0n) is 24.3. The first kappa shape index (κ1) is 30.1. The van der Waals surface area contributed by atoms with Crippen LogP contribution in [0.15, 0.2) is 152 Å². The first-order valence-corrected chi connectivity index (χ1v) is 20.6. The van der Waals surface area contributed by atoms with E-state index >= 15 is 0 Å². The lowest BCUT2D eigenvalue weighted by atomic mass is 10.3. The van der Waals surface area contributed by atoms with Crippen LogP contribution in [-0.4, -0.2) is 26.4 Å². The first-order valence-electron chi connectivity index (χ1n) is 13.9. The van der Waals surface area contributed by atoms with Crippen LogP contribution in [-0.2, 0) is 8.23 Å². The standard InChI is InChI=1S/C33H34O7Si3/c1-41(2,39-42(3,34-29-19-9-4-10-20-29)35-30-21-11-5-12-22-30)40-43(36-31-23-13-6-14-24-31,37-32-25-15-7-16-26-32)38-33-27-17-8-18-28-33/h4-28H,1-3H3. The molecule has 5 aromatic carbocycles. The summed E-state index contributed by atoms with van der Waals surface area (Å²) in [6.07, 6.45) is 0. The topological polar surface area (TPSA) is 64.6 Å². The van der Waals surface area contributed by atoms with Crippen molar-refractivity contribution in [1.29, 1.82) is 0 Å². The molecule has 0 amide bonds. The highest BCUT2D eigenvalue weighted by Crippen LogP contribution is 2.30. The minimum atomic E-state index is -4.09. The summed E-state index contributed by atoms with van der Waals surface area (Å²) in [4.78, 5) is 0. The maximum atomic E-state index is 6.87. The summed E-state index contributed by atoms with van der Waals surface area (Å²) in [7, 11) is -10.8. The van der Waals surface area contributed by atoms with Gasteiger partial charge < -0.3 is 30.4 Å². The molecule has 0 heterocycles. The molecule has 0 N–H and O–H groups in total. The van der Waals surface area contributed by atoms with Crippen LogP contribution in [0.5, 0.6) is 28.7 Å². The van der Waals surface area contributed by atoms with Gasteiger partial charge in [0.25, 0.3) is 0 Å². The van der Waals surface area contributed by atoms with Gasteiger partial charge in [-0.1, -0.05) is 91.0 Å². The Morgan fingerprint density at radius 2 is 0.581 bits per heavy atom. The minimum absolute atomic E-state index is 0.534. The number of rotatable bonds is 14. The van der Waals surface area contributed by atoms with Crippen LogP contribution in [0.1, 0.15) is 0 Å². The molecule has 5 rings (SSSR count). The van der Waals surface area contributed by atoms with Crippen molar-refractivity contribution in [2.75, 3.05) is 0 Å². The summed E-state index contributed by atoms with van der Waals surface area (Å²) in [5, 5.41) is 0. The molecule has 7 nitrogen and oxygen atoms in total. The van der Waals surface area contributed by atoms with Crippen LogP contribution in [0.4, 0.5) is 0 Å². The van der Waals surface area contributed by atoms with Crippen LogP contribution in [0.2, 0.25) is 19.6 Å². The molecule has 0 aromatic heterocycles. The van der Waals surface area contributed by atoms with Gasteiger partial charge in [-0.3, -0.25) is 0 Å². The quantitative estimate of drug-likeness (QED) is 0.115. The highest BCUT2D eigenvalue weighted by molar-refractivity contribution is 6.82.